The van der Waals surface area contributed by atoms with Crippen molar-refractivity contribution in [1.82, 2.24) is 5.43 Å². The number of hydrogen-bond acceptors (Lipinski definition) is 8. The van der Waals surface area contributed by atoms with E-state index in [1.54, 1.807) is 25.1 Å². The molecule has 1 aliphatic rings. The fraction of sp³-hybridized carbons (Fsp3) is 0.333. The van der Waals surface area contributed by atoms with Crippen molar-refractivity contribution in [2.45, 2.75) is 32.6 Å². The lowest BCUT2D eigenvalue weighted by molar-refractivity contribution is -0.136. The molecule has 9 nitrogen and oxygen atoms in total. The quantitative estimate of drug-likeness (QED) is 0.272. The van der Waals surface area contributed by atoms with Gasteiger partial charge in [-0.15, -0.1) is 11.3 Å². The molecule has 3 rings (SSSR count). The zero-order valence-corrected chi connectivity index (χ0v) is 18.0. The number of para-hydroxylation sites is 1. The summed E-state index contributed by atoms with van der Waals surface area (Å²) in [6.45, 7) is 1.92. The fourth-order valence-corrected chi connectivity index (χ4v) is 4.52. The van der Waals surface area contributed by atoms with E-state index in [0.717, 1.165) is 36.1 Å². The molecule has 0 fully saturated rings. The molecule has 164 valence electrons. The van der Waals surface area contributed by atoms with Crippen LogP contribution in [-0.2, 0) is 27.2 Å². The normalized spacial score (nSPS) is 12.8. The van der Waals surface area contributed by atoms with Crippen molar-refractivity contribution in [3.05, 3.63) is 39.8 Å². The average Bonchev–Trinajstić information content (AvgIpc) is 3.12. The number of methoxy groups -OCH3 is 1. The van der Waals surface area contributed by atoms with E-state index in [1.165, 1.54) is 24.7 Å². The fourth-order valence-electron chi connectivity index (χ4n) is 3.25. The Morgan fingerprint density at radius 2 is 2.00 bits per heavy atom. The van der Waals surface area contributed by atoms with Crippen LogP contribution >= 0.6 is 11.3 Å². The molecule has 0 atom stereocenters. The van der Waals surface area contributed by atoms with E-state index in [1.807, 2.05) is 0 Å². The van der Waals surface area contributed by atoms with E-state index in [9.17, 15) is 19.5 Å². The third-order valence-corrected chi connectivity index (χ3v) is 5.91. The lowest BCUT2D eigenvalue weighted by atomic mass is 9.95. The minimum atomic E-state index is -1.01. The molecule has 3 N–H and O–H groups in total. The second kappa shape index (κ2) is 10.1. The minimum absolute atomic E-state index is 0.143. The van der Waals surface area contributed by atoms with Gasteiger partial charge in [0.1, 0.15) is 5.00 Å². The largest absolute Gasteiger partial charge is 0.504 e. The Morgan fingerprint density at radius 3 is 2.74 bits per heavy atom. The molecule has 1 aromatic heterocycles. The van der Waals surface area contributed by atoms with Crippen LogP contribution in [0.2, 0.25) is 0 Å². The summed E-state index contributed by atoms with van der Waals surface area (Å²) in [6, 6.07) is 4.78. The van der Waals surface area contributed by atoms with Gasteiger partial charge < -0.3 is 19.9 Å². The molecule has 0 aliphatic heterocycles. The van der Waals surface area contributed by atoms with Crippen LogP contribution in [-0.4, -0.2) is 42.8 Å². The molecule has 1 aliphatic carbocycles. The topological polar surface area (TPSA) is 126 Å². The van der Waals surface area contributed by atoms with Crippen LogP contribution in [0.15, 0.2) is 23.3 Å². The Bertz CT molecular complexity index is 1030. The number of thiophene rings is 1. The highest BCUT2D eigenvalue weighted by Gasteiger charge is 2.28. The van der Waals surface area contributed by atoms with Gasteiger partial charge >= 0.3 is 17.8 Å². The molecule has 2 amide bonds. The van der Waals surface area contributed by atoms with Crippen LogP contribution in [0.3, 0.4) is 0 Å². The molecule has 0 radical (unpaired) electrons. The van der Waals surface area contributed by atoms with Crippen molar-refractivity contribution in [2.24, 2.45) is 5.10 Å². The first-order chi connectivity index (χ1) is 15.0. The van der Waals surface area contributed by atoms with Gasteiger partial charge in [0.25, 0.3) is 0 Å². The number of rotatable bonds is 6. The molecule has 0 spiro atoms. The van der Waals surface area contributed by atoms with Gasteiger partial charge in [-0.25, -0.2) is 10.2 Å². The predicted octanol–water partition coefficient (Wildman–Crippen LogP) is 2.61. The molecule has 0 unspecified atom stereocenters. The number of phenols is 1. The van der Waals surface area contributed by atoms with Gasteiger partial charge in [0, 0.05) is 10.4 Å². The van der Waals surface area contributed by atoms with Crippen molar-refractivity contribution in [2.75, 3.05) is 19.0 Å². The summed E-state index contributed by atoms with van der Waals surface area (Å²) in [7, 11) is 1.41. The molecule has 10 heteroatoms. The Balaban J connectivity index is 1.71. The van der Waals surface area contributed by atoms with Crippen molar-refractivity contribution in [3.63, 3.8) is 0 Å². The maximum Gasteiger partial charge on any atom is 0.341 e. The molecule has 0 saturated carbocycles. The van der Waals surface area contributed by atoms with Gasteiger partial charge in [-0.05, 0) is 50.3 Å². The monoisotopic (exact) mass is 445 g/mol. The molecule has 2 aromatic rings. The first kappa shape index (κ1) is 22.3. The highest BCUT2D eigenvalue weighted by Crippen LogP contribution is 2.38. The first-order valence-corrected chi connectivity index (χ1v) is 10.6. The third kappa shape index (κ3) is 5.02. The summed E-state index contributed by atoms with van der Waals surface area (Å²) < 4.78 is 10.1. The number of esters is 1. The third-order valence-electron chi connectivity index (χ3n) is 4.70. The molecule has 1 heterocycles. The van der Waals surface area contributed by atoms with Gasteiger partial charge in [0.2, 0.25) is 0 Å². The number of carbonyl (C=O) groups excluding carboxylic acids is 3. The Labute approximate surface area is 183 Å². The summed E-state index contributed by atoms with van der Waals surface area (Å²) >= 11 is 1.29. The molecule has 0 saturated heterocycles. The highest BCUT2D eigenvalue weighted by atomic mass is 32.1. The molecular formula is C21H23N3O6S. The Kier molecular flexibility index (Phi) is 7.24. The van der Waals surface area contributed by atoms with Crippen molar-refractivity contribution < 1.29 is 29.0 Å². The molecule has 31 heavy (non-hydrogen) atoms. The number of nitrogens with zero attached hydrogens (tertiary/aromatic N) is 1. The highest BCUT2D eigenvalue weighted by molar-refractivity contribution is 7.17. The van der Waals surface area contributed by atoms with Gasteiger partial charge in [0.15, 0.2) is 11.5 Å². The van der Waals surface area contributed by atoms with Gasteiger partial charge in [-0.3, -0.25) is 9.59 Å². The van der Waals surface area contributed by atoms with E-state index in [-0.39, 0.29) is 18.1 Å². The number of ether oxygens (including phenoxy) is 2. The number of carbonyl (C=O) groups is 3. The molecule has 0 bridgehead atoms. The number of benzene rings is 1. The maximum atomic E-state index is 12.4. The number of hydrogen-bond donors (Lipinski definition) is 3. The standard InChI is InChI=1S/C21H23N3O6S/c1-3-30-21(28)16-13-8-4-5-10-15(13)31-20(16)23-18(26)19(27)24-22-11-12-7-6-9-14(29-2)17(12)25/h6-7,9,11,25H,3-5,8,10H2,1-2H3,(H,23,26)(H,24,27)/b22-11+. The van der Waals surface area contributed by atoms with Crippen LogP contribution in [0.25, 0.3) is 0 Å². The van der Waals surface area contributed by atoms with E-state index >= 15 is 0 Å². The lowest BCUT2D eigenvalue weighted by Gasteiger charge is -2.12. The zero-order chi connectivity index (χ0) is 22.4. The van der Waals surface area contributed by atoms with E-state index in [0.29, 0.717) is 16.1 Å². The number of aromatic hydroxyl groups is 1. The molecule has 1 aromatic carbocycles. The minimum Gasteiger partial charge on any atom is -0.504 e. The van der Waals surface area contributed by atoms with Gasteiger partial charge in [0.05, 0.1) is 25.5 Å². The molecular weight excluding hydrogens is 422 g/mol. The van der Waals surface area contributed by atoms with E-state index in [2.05, 4.69) is 15.8 Å². The maximum absolute atomic E-state index is 12.4. The number of aryl methyl sites for hydroxylation is 1. The number of amides is 2. The van der Waals surface area contributed by atoms with Gasteiger partial charge in [-0.1, -0.05) is 6.07 Å². The number of phenolic OH excluding ortho intramolecular Hbond substituents is 1. The van der Waals surface area contributed by atoms with Crippen LogP contribution in [0.5, 0.6) is 11.5 Å². The Morgan fingerprint density at radius 1 is 1.23 bits per heavy atom. The smallest absolute Gasteiger partial charge is 0.341 e. The summed E-state index contributed by atoms with van der Waals surface area (Å²) in [4.78, 5) is 38.0. The van der Waals surface area contributed by atoms with Crippen LogP contribution in [0.4, 0.5) is 5.00 Å². The SMILES string of the molecule is CCOC(=O)c1c(NC(=O)C(=O)N/N=C/c2cccc(OC)c2O)sc2c1CCCC2. The van der Waals surface area contributed by atoms with Crippen LogP contribution < -0.4 is 15.5 Å². The van der Waals surface area contributed by atoms with Crippen LogP contribution in [0, 0.1) is 0 Å². The van der Waals surface area contributed by atoms with E-state index < -0.39 is 17.8 Å². The Hall–Kier alpha value is -3.40. The number of anilines is 1. The number of fused-ring (bicyclic) bond motifs is 1. The first-order valence-electron chi connectivity index (χ1n) is 9.78. The summed E-state index contributed by atoms with van der Waals surface area (Å²) in [5.74, 6) is -2.38. The van der Waals surface area contributed by atoms with E-state index in [4.69, 9.17) is 9.47 Å². The summed E-state index contributed by atoms with van der Waals surface area (Å²) in [5.41, 5.74) is 3.62. The lowest BCUT2D eigenvalue weighted by Crippen LogP contribution is -2.32. The van der Waals surface area contributed by atoms with Crippen molar-refractivity contribution in [1.29, 1.82) is 0 Å². The van der Waals surface area contributed by atoms with Gasteiger partial charge in [-0.2, -0.15) is 5.10 Å². The summed E-state index contributed by atoms with van der Waals surface area (Å²) in [6.07, 6.45) is 4.71. The average molecular weight is 445 g/mol. The number of nitrogens with one attached hydrogen (secondary N) is 2. The zero-order valence-electron chi connectivity index (χ0n) is 17.2. The number of hydrazone groups is 1. The second-order valence-electron chi connectivity index (χ2n) is 6.69. The summed E-state index contributed by atoms with van der Waals surface area (Å²) in [5, 5.41) is 16.5. The second-order valence-corrected chi connectivity index (χ2v) is 7.79. The predicted molar refractivity (Wildman–Crippen MR) is 116 cm³/mol. The van der Waals surface area contributed by atoms with Crippen molar-refractivity contribution in [3.8, 4) is 11.5 Å². The van der Waals surface area contributed by atoms with Crippen molar-refractivity contribution >= 4 is 40.3 Å². The van der Waals surface area contributed by atoms with Crippen LogP contribution in [0.1, 0.15) is 46.1 Å².